The Morgan fingerprint density at radius 2 is 2.16 bits per heavy atom. The van der Waals surface area contributed by atoms with Crippen LogP contribution in [0, 0.1) is 11.3 Å². The van der Waals surface area contributed by atoms with Gasteiger partial charge in [-0.2, -0.15) is 10.4 Å². The highest BCUT2D eigenvalue weighted by Gasteiger charge is 2.08. The lowest BCUT2D eigenvalue weighted by Gasteiger charge is -2.01. The fraction of sp³-hybridized carbons (Fsp3) is 0.214. The number of amides is 1. The van der Waals surface area contributed by atoms with E-state index in [1.54, 1.807) is 10.9 Å². The van der Waals surface area contributed by atoms with Crippen LogP contribution >= 0.6 is 0 Å². The first kappa shape index (κ1) is 12.8. The van der Waals surface area contributed by atoms with Crippen molar-refractivity contribution < 1.29 is 4.79 Å². The van der Waals surface area contributed by atoms with Crippen molar-refractivity contribution in [3.8, 4) is 11.8 Å². The first-order chi connectivity index (χ1) is 9.31. The highest BCUT2D eigenvalue weighted by atomic mass is 16.1. The molecule has 2 rings (SSSR count). The predicted octanol–water partition coefficient (Wildman–Crippen LogP) is 1.91. The van der Waals surface area contributed by atoms with Crippen LogP contribution in [0.1, 0.15) is 23.2 Å². The molecule has 0 aliphatic heterocycles. The Hall–Kier alpha value is -2.61. The molecule has 5 heteroatoms. The van der Waals surface area contributed by atoms with E-state index in [0.717, 1.165) is 5.69 Å². The normalized spacial score (nSPS) is 9.84. The van der Waals surface area contributed by atoms with Gasteiger partial charge in [0.15, 0.2) is 0 Å². The molecule has 1 heterocycles. The van der Waals surface area contributed by atoms with E-state index in [1.807, 2.05) is 36.4 Å². The zero-order valence-electron chi connectivity index (χ0n) is 10.4. The smallest absolute Gasteiger partial charge is 0.254 e. The van der Waals surface area contributed by atoms with Gasteiger partial charge in [-0.1, -0.05) is 18.2 Å². The third kappa shape index (κ3) is 3.42. The van der Waals surface area contributed by atoms with Crippen LogP contribution in [0.2, 0.25) is 0 Å². The number of nitrogens with one attached hydrogen (secondary N) is 1. The molecule has 96 valence electrons. The number of hydrogen-bond donors (Lipinski definition) is 1. The van der Waals surface area contributed by atoms with Gasteiger partial charge in [0.1, 0.15) is 0 Å². The molecule has 0 unspecified atom stereocenters. The predicted molar refractivity (Wildman–Crippen MR) is 70.7 cm³/mol. The van der Waals surface area contributed by atoms with Crippen LogP contribution in [-0.2, 0) is 0 Å². The van der Waals surface area contributed by atoms with Crippen molar-refractivity contribution >= 4 is 5.91 Å². The topological polar surface area (TPSA) is 70.7 Å². The minimum atomic E-state index is -0.167. The summed E-state index contributed by atoms with van der Waals surface area (Å²) in [5.74, 6) is -0.167. The van der Waals surface area contributed by atoms with Crippen molar-refractivity contribution in [1.29, 1.82) is 5.26 Å². The van der Waals surface area contributed by atoms with Gasteiger partial charge in [0.25, 0.3) is 5.91 Å². The summed E-state index contributed by atoms with van der Waals surface area (Å²) in [4.78, 5) is 11.8. The summed E-state index contributed by atoms with van der Waals surface area (Å²) >= 11 is 0. The molecule has 0 radical (unpaired) electrons. The Morgan fingerprint density at radius 3 is 2.89 bits per heavy atom. The van der Waals surface area contributed by atoms with Crippen molar-refractivity contribution in [2.45, 2.75) is 12.8 Å². The van der Waals surface area contributed by atoms with E-state index in [4.69, 9.17) is 5.26 Å². The molecule has 0 fully saturated rings. The van der Waals surface area contributed by atoms with Gasteiger partial charge in [-0.25, -0.2) is 4.68 Å². The maximum Gasteiger partial charge on any atom is 0.254 e. The number of nitriles is 1. The Balaban J connectivity index is 1.97. The zero-order valence-corrected chi connectivity index (χ0v) is 10.4. The SMILES string of the molecule is N#CCCCNC(=O)c1cnn(-c2ccccc2)c1. The lowest BCUT2D eigenvalue weighted by atomic mass is 10.3. The first-order valence-corrected chi connectivity index (χ1v) is 6.06. The van der Waals surface area contributed by atoms with Crippen molar-refractivity contribution in [3.05, 3.63) is 48.3 Å². The van der Waals surface area contributed by atoms with Crippen LogP contribution in [0.5, 0.6) is 0 Å². The molecule has 2 aromatic rings. The van der Waals surface area contributed by atoms with E-state index < -0.39 is 0 Å². The molecule has 0 atom stereocenters. The molecular weight excluding hydrogens is 240 g/mol. The van der Waals surface area contributed by atoms with Crippen LogP contribution in [0.25, 0.3) is 5.69 Å². The number of unbranched alkanes of at least 4 members (excludes halogenated alkanes) is 1. The zero-order chi connectivity index (χ0) is 13.5. The Bertz CT molecular complexity index is 583. The van der Waals surface area contributed by atoms with Crippen LogP contribution in [0.15, 0.2) is 42.7 Å². The molecule has 0 aliphatic rings. The summed E-state index contributed by atoms with van der Waals surface area (Å²) in [6.45, 7) is 0.503. The second kappa shape index (κ2) is 6.36. The molecular formula is C14H14N4O. The largest absolute Gasteiger partial charge is 0.352 e. The van der Waals surface area contributed by atoms with E-state index in [0.29, 0.717) is 24.9 Å². The second-order valence-corrected chi connectivity index (χ2v) is 4.03. The maximum absolute atomic E-state index is 11.8. The highest BCUT2D eigenvalue weighted by molar-refractivity contribution is 5.93. The molecule has 1 amide bonds. The number of carbonyl (C=O) groups excluding carboxylic acids is 1. The summed E-state index contributed by atoms with van der Waals surface area (Å²) in [5, 5.41) is 15.3. The van der Waals surface area contributed by atoms with Gasteiger partial charge in [-0.15, -0.1) is 0 Å². The van der Waals surface area contributed by atoms with Gasteiger partial charge in [0.05, 0.1) is 23.5 Å². The molecule has 0 saturated carbocycles. The minimum Gasteiger partial charge on any atom is -0.352 e. The van der Waals surface area contributed by atoms with E-state index in [-0.39, 0.29) is 5.91 Å². The third-order valence-electron chi connectivity index (χ3n) is 2.62. The molecule has 1 aromatic heterocycles. The van der Waals surface area contributed by atoms with Gasteiger partial charge in [0.2, 0.25) is 0 Å². The quantitative estimate of drug-likeness (QED) is 0.828. The standard InChI is InChI=1S/C14H14N4O/c15-8-4-5-9-16-14(19)12-10-17-18(11-12)13-6-2-1-3-7-13/h1-3,6-7,10-11H,4-5,9H2,(H,16,19). The highest BCUT2D eigenvalue weighted by Crippen LogP contribution is 2.07. The fourth-order valence-electron chi connectivity index (χ4n) is 1.63. The van der Waals surface area contributed by atoms with Crippen LogP contribution < -0.4 is 5.32 Å². The van der Waals surface area contributed by atoms with E-state index in [9.17, 15) is 4.79 Å². The maximum atomic E-state index is 11.8. The summed E-state index contributed by atoms with van der Waals surface area (Å²) in [6.07, 6.45) is 4.33. The van der Waals surface area contributed by atoms with Gasteiger partial charge in [-0.05, 0) is 18.6 Å². The molecule has 0 saturated heterocycles. The summed E-state index contributed by atoms with van der Waals surface area (Å²) in [6, 6.07) is 11.6. The molecule has 1 aromatic carbocycles. The Labute approximate surface area is 111 Å². The number of aromatic nitrogens is 2. The first-order valence-electron chi connectivity index (χ1n) is 6.06. The Kier molecular flexibility index (Phi) is 4.29. The second-order valence-electron chi connectivity index (χ2n) is 4.03. The van der Waals surface area contributed by atoms with Crippen molar-refractivity contribution in [1.82, 2.24) is 15.1 Å². The molecule has 5 nitrogen and oxygen atoms in total. The van der Waals surface area contributed by atoms with Gasteiger partial charge < -0.3 is 5.32 Å². The van der Waals surface area contributed by atoms with Crippen molar-refractivity contribution in [3.63, 3.8) is 0 Å². The lowest BCUT2D eigenvalue weighted by molar-refractivity contribution is 0.0953. The Morgan fingerprint density at radius 1 is 1.37 bits per heavy atom. The van der Waals surface area contributed by atoms with Crippen LogP contribution in [-0.4, -0.2) is 22.2 Å². The number of nitrogens with zero attached hydrogens (tertiary/aromatic N) is 3. The van der Waals surface area contributed by atoms with Crippen LogP contribution in [0.3, 0.4) is 0 Å². The van der Waals surface area contributed by atoms with E-state index in [2.05, 4.69) is 10.4 Å². The average molecular weight is 254 g/mol. The molecule has 19 heavy (non-hydrogen) atoms. The third-order valence-corrected chi connectivity index (χ3v) is 2.62. The summed E-state index contributed by atoms with van der Waals surface area (Å²) in [7, 11) is 0. The van der Waals surface area contributed by atoms with Gasteiger partial charge in [0, 0.05) is 19.2 Å². The van der Waals surface area contributed by atoms with Crippen molar-refractivity contribution in [2.75, 3.05) is 6.54 Å². The molecule has 0 spiro atoms. The number of para-hydroxylation sites is 1. The van der Waals surface area contributed by atoms with Gasteiger partial charge >= 0.3 is 0 Å². The van der Waals surface area contributed by atoms with Gasteiger partial charge in [-0.3, -0.25) is 4.79 Å². The minimum absolute atomic E-state index is 0.167. The summed E-state index contributed by atoms with van der Waals surface area (Å²) in [5.41, 5.74) is 1.42. The molecule has 1 N–H and O–H groups in total. The van der Waals surface area contributed by atoms with Crippen LogP contribution in [0.4, 0.5) is 0 Å². The summed E-state index contributed by atoms with van der Waals surface area (Å²) < 4.78 is 1.66. The molecule has 0 bridgehead atoms. The number of carbonyl (C=O) groups is 1. The number of benzene rings is 1. The lowest BCUT2D eigenvalue weighted by Crippen LogP contribution is -2.23. The average Bonchev–Trinajstić information content (AvgIpc) is 2.94. The number of hydrogen-bond acceptors (Lipinski definition) is 3. The van der Waals surface area contributed by atoms with Crippen molar-refractivity contribution in [2.24, 2.45) is 0 Å². The monoisotopic (exact) mass is 254 g/mol. The van der Waals surface area contributed by atoms with E-state index in [1.165, 1.54) is 6.20 Å². The molecule has 0 aliphatic carbocycles. The fourth-order valence-corrected chi connectivity index (χ4v) is 1.63. The van der Waals surface area contributed by atoms with E-state index >= 15 is 0 Å². The number of rotatable bonds is 5.